The number of nitrogens with two attached hydrogens (primary N) is 1. The Bertz CT molecular complexity index is 1070. The standard InChI is InChI=1S/C17H12Cl2F3N3O2S2/c1-27-16(26)11-4-3-10(29-11)12-14(23)25(24-15(12)28-2)13-8(18)5-7(6-9(13)19)17(20,21)22/h3-6H,23H2,1-2H3. The van der Waals surface area contributed by atoms with Crippen LogP contribution in [0.25, 0.3) is 16.1 Å². The molecule has 5 nitrogen and oxygen atoms in total. The van der Waals surface area contributed by atoms with Crippen molar-refractivity contribution in [3.05, 3.63) is 44.8 Å². The molecule has 12 heteroatoms. The molecule has 0 radical (unpaired) electrons. The number of anilines is 1. The van der Waals surface area contributed by atoms with Crippen LogP contribution in [-0.4, -0.2) is 29.1 Å². The van der Waals surface area contributed by atoms with Gasteiger partial charge >= 0.3 is 12.1 Å². The molecule has 1 aromatic carbocycles. The van der Waals surface area contributed by atoms with Gasteiger partial charge in [0, 0.05) is 4.88 Å². The van der Waals surface area contributed by atoms with Crippen molar-refractivity contribution in [2.75, 3.05) is 19.1 Å². The van der Waals surface area contributed by atoms with E-state index < -0.39 is 17.7 Å². The van der Waals surface area contributed by atoms with E-state index in [0.29, 0.717) is 20.3 Å². The Hall–Kier alpha value is -1.88. The molecule has 3 rings (SSSR count). The minimum Gasteiger partial charge on any atom is -0.465 e. The van der Waals surface area contributed by atoms with E-state index in [1.165, 1.54) is 23.6 Å². The monoisotopic (exact) mass is 481 g/mol. The number of thioether (sulfide) groups is 1. The normalized spacial score (nSPS) is 11.7. The summed E-state index contributed by atoms with van der Waals surface area (Å²) < 4.78 is 44.9. The van der Waals surface area contributed by atoms with E-state index in [0.717, 1.165) is 23.5 Å². The average Bonchev–Trinajstić information content (AvgIpc) is 3.24. The number of hydrogen-bond donors (Lipinski definition) is 1. The second kappa shape index (κ2) is 8.10. The van der Waals surface area contributed by atoms with Gasteiger partial charge in [-0.05, 0) is 30.5 Å². The number of thiophene rings is 1. The second-order valence-electron chi connectivity index (χ2n) is 5.62. The number of nitrogen functional groups attached to an aromatic ring is 1. The van der Waals surface area contributed by atoms with Crippen LogP contribution in [0, 0.1) is 0 Å². The third-order valence-corrected chi connectivity index (χ3v) is 6.21. The van der Waals surface area contributed by atoms with Gasteiger partial charge in [0.2, 0.25) is 0 Å². The van der Waals surface area contributed by atoms with Crippen molar-refractivity contribution in [1.29, 1.82) is 0 Å². The summed E-state index contributed by atoms with van der Waals surface area (Å²) in [5.74, 6) is -0.372. The highest BCUT2D eigenvalue weighted by Gasteiger charge is 2.33. The van der Waals surface area contributed by atoms with Crippen LogP contribution in [0.5, 0.6) is 0 Å². The second-order valence-corrected chi connectivity index (χ2v) is 8.32. The number of ether oxygens (including phenoxy) is 1. The smallest absolute Gasteiger partial charge is 0.416 e. The predicted molar refractivity (Wildman–Crippen MR) is 109 cm³/mol. The first-order valence-corrected chi connectivity index (χ1v) is 10.6. The van der Waals surface area contributed by atoms with Gasteiger partial charge in [0.25, 0.3) is 0 Å². The molecule has 3 aromatic rings. The van der Waals surface area contributed by atoms with Crippen LogP contribution in [0.2, 0.25) is 10.0 Å². The molecule has 0 aliphatic rings. The van der Waals surface area contributed by atoms with Gasteiger partial charge in [-0.1, -0.05) is 23.2 Å². The minimum atomic E-state index is -4.60. The van der Waals surface area contributed by atoms with Crippen LogP contribution < -0.4 is 5.73 Å². The lowest BCUT2D eigenvalue weighted by Gasteiger charge is -2.13. The Labute approximate surface area is 181 Å². The lowest BCUT2D eigenvalue weighted by atomic mass is 10.2. The van der Waals surface area contributed by atoms with Gasteiger partial charge in [-0.3, -0.25) is 0 Å². The van der Waals surface area contributed by atoms with Gasteiger partial charge in [0.15, 0.2) is 0 Å². The number of carbonyl (C=O) groups excluding carboxylic acids is 1. The SMILES string of the molecule is COC(=O)c1ccc(-c2c(SC)nn(-c3c(Cl)cc(C(F)(F)F)cc3Cl)c2N)s1. The number of carbonyl (C=O) groups is 1. The molecule has 2 N–H and O–H groups in total. The Balaban J connectivity index is 2.17. The van der Waals surface area contributed by atoms with Crippen LogP contribution >= 0.6 is 46.3 Å². The van der Waals surface area contributed by atoms with Gasteiger partial charge in [-0.25, -0.2) is 9.48 Å². The number of benzene rings is 1. The number of hydrogen-bond acceptors (Lipinski definition) is 6. The maximum absolute atomic E-state index is 13.0. The van der Waals surface area contributed by atoms with Crippen LogP contribution in [0.4, 0.5) is 19.0 Å². The molecule has 154 valence electrons. The topological polar surface area (TPSA) is 70.1 Å². The Morgan fingerprint density at radius 3 is 2.41 bits per heavy atom. The zero-order valence-electron chi connectivity index (χ0n) is 14.8. The summed E-state index contributed by atoms with van der Waals surface area (Å²) in [7, 11) is 1.27. The van der Waals surface area contributed by atoms with E-state index in [-0.39, 0.29) is 21.6 Å². The Morgan fingerprint density at radius 2 is 1.90 bits per heavy atom. The van der Waals surface area contributed by atoms with Gasteiger partial charge in [0.1, 0.15) is 21.4 Å². The summed E-state index contributed by atoms with van der Waals surface area (Å²) in [5, 5.41) is 4.35. The molecule has 0 atom stereocenters. The maximum Gasteiger partial charge on any atom is 0.416 e. The summed E-state index contributed by atoms with van der Waals surface area (Å²) in [5.41, 5.74) is 5.83. The summed E-state index contributed by atoms with van der Waals surface area (Å²) in [6.45, 7) is 0. The molecule has 0 saturated heterocycles. The third-order valence-electron chi connectivity index (χ3n) is 3.88. The molecule has 0 fully saturated rings. The minimum absolute atomic E-state index is 0.0325. The van der Waals surface area contributed by atoms with E-state index in [9.17, 15) is 18.0 Å². The molecule has 0 spiro atoms. The first-order chi connectivity index (χ1) is 13.6. The highest BCUT2D eigenvalue weighted by Crippen LogP contribution is 2.43. The number of rotatable bonds is 4. The summed E-state index contributed by atoms with van der Waals surface area (Å²) in [6, 6.07) is 4.81. The van der Waals surface area contributed by atoms with Gasteiger partial charge in [-0.2, -0.15) is 18.3 Å². The zero-order chi connectivity index (χ0) is 21.5. The summed E-state index contributed by atoms with van der Waals surface area (Å²) in [6.07, 6.45) is -2.83. The van der Waals surface area contributed by atoms with Crippen molar-refractivity contribution in [2.24, 2.45) is 0 Å². The van der Waals surface area contributed by atoms with E-state index in [1.807, 2.05) is 0 Å². The zero-order valence-corrected chi connectivity index (χ0v) is 17.9. The number of halogens is 5. The van der Waals surface area contributed by atoms with Crippen LogP contribution in [-0.2, 0) is 10.9 Å². The fourth-order valence-electron chi connectivity index (χ4n) is 2.57. The number of nitrogens with zero attached hydrogens (tertiary/aromatic N) is 2. The third kappa shape index (κ3) is 4.07. The number of alkyl halides is 3. The lowest BCUT2D eigenvalue weighted by Crippen LogP contribution is -2.08. The quantitative estimate of drug-likeness (QED) is 0.364. The predicted octanol–water partition coefficient (Wildman–Crippen LogP) is 6.02. The van der Waals surface area contributed by atoms with E-state index in [4.69, 9.17) is 33.7 Å². The van der Waals surface area contributed by atoms with Gasteiger partial charge in [-0.15, -0.1) is 23.1 Å². The molecule has 0 unspecified atom stereocenters. The lowest BCUT2D eigenvalue weighted by molar-refractivity contribution is -0.137. The largest absolute Gasteiger partial charge is 0.465 e. The summed E-state index contributed by atoms with van der Waals surface area (Å²) >= 11 is 14.6. The number of methoxy groups -OCH3 is 1. The Kier molecular flexibility index (Phi) is 6.09. The maximum atomic E-state index is 13.0. The Morgan fingerprint density at radius 1 is 1.28 bits per heavy atom. The van der Waals surface area contributed by atoms with Crippen LogP contribution in [0.1, 0.15) is 15.2 Å². The molecular weight excluding hydrogens is 470 g/mol. The van der Waals surface area contributed by atoms with Crippen molar-refractivity contribution < 1.29 is 22.7 Å². The van der Waals surface area contributed by atoms with Crippen molar-refractivity contribution in [3.63, 3.8) is 0 Å². The average molecular weight is 482 g/mol. The fraction of sp³-hybridized carbons (Fsp3) is 0.176. The first-order valence-electron chi connectivity index (χ1n) is 7.76. The first kappa shape index (κ1) is 21.8. The molecule has 0 aliphatic carbocycles. The molecule has 0 saturated carbocycles. The van der Waals surface area contributed by atoms with Crippen LogP contribution in [0.15, 0.2) is 29.3 Å². The van der Waals surface area contributed by atoms with Gasteiger partial charge in [0.05, 0.1) is 28.3 Å². The van der Waals surface area contributed by atoms with E-state index >= 15 is 0 Å². The van der Waals surface area contributed by atoms with Crippen LogP contribution in [0.3, 0.4) is 0 Å². The van der Waals surface area contributed by atoms with Crippen molar-refractivity contribution in [1.82, 2.24) is 9.78 Å². The molecule has 0 bridgehead atoms. The number of esters is 1. The molecule has 0 amide bonds. The van der Waals surface area contributed by atoms with E-state index in [1.54, 1.807) is 18.4 Å². The van der Waals surface area contributed by atoms with Crippen molar-refractivity contribution in [3.8, 4) is 16.1 Å². The van der Waals surface area contributed by atoms with Crippen molar-refractivity contribution in [2.45, 2.75) is 11.2 Å². The molecule has 2 heterocycles. The summed E-state index contributed by atoms with van der Waals surface area (Å²) in [4.78, 5) is 12.7. The van der Waals surface area contributed by atoms with Crippen molar-refractivity contribution >= 4 is 58.1 Å². The highest BCUT2D eigenvalue weighted by atomic mass is 35.5. The molecule has 2 aromatic heterocycles. The highest BCUT2D eigenvalue weighted by molar-refractivity contribution is 7.98. The van der Waals surface area contributed by atoms with E-state index in [2.05, 4.69) is 5.10 Å². The molecular formula is C17H12Cl2F3N3O2S2. The number of aromatic nitrogens is 2. The molecule has 0 aliphatic heterocycles. The van der Waals surface area contributed by atoms with Gasteiger partial charge < -0.3 is 10.5 Å². The fourth-order valence-corrected chi connectivity index (χ4v) is 4.84. The molecule has 29 heavy (non-hydrogen) atoms.